The lowest BCUT2D eigenvalue weighted by atomic mass is 9.98. The van der Waals surface area contributed by atoms with Crippen LogP contribution < -0.4 is 4.74 Å². The van der Waals surface area contributed by atoms with E-state index < -0.39 is 0 Å². The molecule has 0 spiro atoms. The van der Waals surface area contributed by atoms with Gasteiger partial charge in [0.15, 0.2) is 0 Å². The maximum absolute atomic E-state index is 12.1. The van der Waals surface area contributed by atoms with Gasteiger partial charge < -0.3 is 9.47 Å². The van der Waals surface area contributed by atoms with Crippen molar-refractivity contribution < 1.29 is 19.1 Å². The normalized spacial score (nSPS) is 15.2. The van der Waals surface area contributed by atoms with E-state index in [9.17, 15) is 9.59 Å². The SMILES string of the molecule is CCCCCC(=O)Oc1ccc(C(=O)OC2CCCCC2)cc1. The average molecular weight is 318 g/mol. The Labute approximate surface area is 138 Å². The van der Waals surface area contributed by atoms with Gasteiger partial charge >= 0.3 is 11.9 Å². The van der Waals surface area contributed by atoms with Gasteiger partial charge in [0.1, 0.15) is 11.9 Å². The van der Waals surface area contributed by atoms with E-state index in [-0.39, 0.29) is 18.0 Å². The molecule has 0 amide bonds. The van der Waals surface area contributed by atoms with Gasteiger partial charge in [0, 0.05) is 6.42 Å². The molecule has 0 unspecified atom stereocenters. The first-order valence-corrected chi connectivity index (χ1v) is 8.70. The van der Waals surface area contributed by atoms with Crippen LogP contribution in [0.5, 0.6) is 5.75 Å². The molecule has 0 radical (unpaired) electrons. The van der Waals surface area contributed by atoms with E-state index >= 15 is 0 Å². The van der Waals surface area contributed by atoms with Gasteiger partial charge in [-0.05, 0) is 56.4 Å². The number of hydrogen-bond donors (Lipinski definition) is 0. The molecule has 1 aromatic rings. The molecular weight excluding hydrogens is 292 g/mol. The Morgan fingerprint density at radius 2 is 1.74 bits per heavy atom. The molecular formula is C19H26O4. The van der Waals surface area contributed by atoms with Crippen LogP contribution in [-0.4, -0.2) is 18.0 Å². The van der Waals surface area contributed by atoms with Gasteiger partial charge in [-0.15, -0.1) is 0 Å². The van der Waals surface area contributed by atoms with E-state index in [1.165, 1.54) is 6.42 Å². The predicted octanol–water partition coefficient (Wildman–Crippen LogP) is 4.66. The molecule has 1 aliphatic rings. The third kappa shape index (κ3) is 6.05. The van der Waals surface area contributed by atoms with Crippen molar-refractivity contribution in [2.45, 2.75) is 70.8 Å². The molecule has 0 N–H and O–H groups in total. The van der Waals surface area contributed by atoms with E-state index in [1.807, 2.05) is 0 Å². The largest absolute Gasteiger partial charge is 0.459 e. The van der Waals surface area contributed by atoms with Crippen LogP contribution in [0.25, 0.3) is 0 Å². The first-order chi connectivity index (χ1) is 11.2. The summed E-state index contributed by atoms with van der Waals surface area (Å²) in [6.07, 6.45) is 8.83. The summed E-state index contributed by atoms with van der Waals surface area (Å²) >= 11 is 0. The molecule has 1 fully saturated rings. The number of unbranched alkanes of at least 4 members (excludes halogenated alkanes) is 2. The fourth-order valence-corrected chi connectivity index (χ4v) is 2.76. The lowest BCUT2D eigenvalue weighted by molar-refractivity contribution is -0.134. The van der Waals surface area contributed by atoms with Crippen molar-refractivity contribution in [1.29, 1.82) is 0 Å². The number of ether oxygens (including phenoxy) is 2. The summed E-state index contributed by atoms with van der Waals surface area (Å²) in [5.41, 5.74) is 0.501. The van der Waals surface area contributed by atoms with Crippen molar-refractivity contribution in [3.05, 3.63) is 29.8 Å². The zero-order valence-corrected chi connectivity index (χ0v) is 13.9. The Morgan fingerprint density at radius 3 is 2.39 bits per heavy atom. The fraction of sp³-hybridized carbons (Fsp3) is 0.579. The molecule has 0 aromatic heterocycles. The number of hydrogen-bond acceptors (Lipinski definition) is 4. The predicted molar refractivity (Wildman–Crippen MR) is 88.5 cm³/mol. The molecule has 4 heteroatoms. The van der Waals surface area contributed by atoms with Crippen molar-refractivity contribution in [1.82, 2.24) is 0 Å². The second-order valence-electron chi connectivity index (χ2n) is 6.12. The standard InChI is InChI=1S/C19H26O4/c1-2-3-5-10-18(20)22-17-13-11-15(12-14-17)19(21)23-16-8-6-4-7-9-16/h11-14,16H,2-10H2,1H3. The quantitative estimate of drug-likeness (QED) is 0.417. The maximum Gasteiger partial charge on any atom is 0.338 e. The van der Waals surface area contributed by atoms with Gasteiger partial charge in [0.25, 0.3) is 0 Å². The fourth-order valence-electron chi connectivity index (χ4n) is 2.76. The summed E-state index contributed by atoms with van der Waals surface area (Å²) in [7, 11) is 0. The molecule has 1 saturated carbocycles. The number of carbonyl (C=O) groups excluding carboxylic acids is 2. The van der Waals surface area contributed by atoms with Crippen molar-refractivity contribution in [3.63, 3.8) is 0 Å². The van der Waals surface area contributed by atoms with Crippen LogP contribution in [0.3, 0.4) is 0 Å². The van der Waals surface area contributed by atoms with Crippen LogP contribution in [0.1, 0.15) is 75.1 Å². The van der Waals surface area contributed by atoms with Crippen LogP contribution in [0.4, 0.5) is 0 Å². The van der Waals surface area contributed by atoms with Crippen molar-refractivity contribution in [3.8, 4) is 5.75 Å². The zero-order chi connectivity index (χ0) is 16.5. The van der Waals surface area contributed by atoms with Gasteiger partial charge in [-0.1, -0.05) is 26.2 Å². The first-order valence-electron chi connectivity index (χ1n) is 8.70. The Morgan fingerprint density at radius 1 is 1.04 bits per heavy atom. The first kappa shape index (κ1) is 17.5. The highest BCUT2D eigenvalue weighted by Crippen LogP contribution is 2.22. The third-order valence-electron chi connectivity index (χ3n) is 4.13. The highest BCUT2D eigenvalue weighted by atomic mass is 16.5. The van der Waals surface area contributed by atoms with E-state index in [1.54, 1.807) is 24.3 Å². The molecule has 0 bridgehead atoms. The molecule has 2 rings (SSSR count). The Kier molecular flexibility index (Phi) is 7.11. The topological polar surface area (TPSA) is 52.6 Å². The molecule has 0 aliphatic heterocycles. The Hall–Kier alpha value is -1.84. The summed E-state index contributed by atoms with van der Waals surface area (Å²) in [6, 6.07) is 6.60. The number of rotatable bonds is 7. The molecule has 0 heterocycles. The van der Waals surface area contributed by atoms with Crippen molar-refractivity contribution in [2.24, 2.45) is 0 Å². The molecule has 126 valence electrons. The molecule has 1 aromatic carbocycles. The molecule has 23 heavy (non-hydrogen) atoms. The smallest absolute Gasteiger partial charge is 0.338 e. The van der Waals surface area contributed by atoms with Crippen molar-refractivity contribution in [2.75, 3.05) is 0 Å². The highest BCUT2D eigenvalue weighted by molar-refractivity contribution is 5.89. The van der Waals surface area contributed by atoms with E-state index in [0.717, 1.165) is 44.9 Å². The van der Waals surface area contributed by atoms with Crippen LogP contribution in [0, 0.1) is 0 Å². The summed E-state index contributed by atoms with van der Waals surface area (Å²) in [5, 5.41) is 0. The third-order valence-corrected chi connectivity index (χ3v) is 4.13. The van der Waals surface area contributed by atoms with Crippen LogP contribution in [0.15, 0.2) is 24.3 Å². The maximum atomic E-state index is 12.1. The van der Waals surface area contributed by atoms with Gasteiger partial charge in [-0.3, -0.25) is 4.79 Å². The monoisotopic (exact) mass is 318 g/mol. The minimum absolute atomic E-state index is 0.0484. The minimum atomic E-state index is -0.294. The van der Waals surface area contributed by atoms with Gasteiger partial charge in [0.05, 0.1) is 5.56 Å². The van der Waals surface area contributed by atoms with Crippen LogP contribution >= 0.6 is 0 Å². The average Bonchev–Trinajstić information content (AvgIpc) is 2.56. The molecule has 4 nitrogen and oxygen atoms in total. The second kappa shape index (κ2) is 9.33. The van der Waals surface area contributed by atoms with E-state index in [4.69, 9.17) is 9.47 Å². The lowest BCUT2D eigenvalue weighted by Gasteiger charge is -2.21. The Bertz CT molecular complexity index is 501. The van der Waals surface area contributed by atoms with Crippen molar-refractivity contribution >= 4 is 11.9 Å². The molecule has 1 aliphatic carbocycles. The summed E-state index contributed by atoms with van der Waals surface area (Å²) in [6.45, 7) is 2.09. The summed E-state index contributed by atoms with van der Waals surface area (Å²) in [5.74, 6) is -0.0468. The summed E-state index contributed by atoms with van der Waals surface area (Å²) < 4.78 is 10.8. The Balaban J connectivity index is 1.81. The molecule has 0 saturated heterocycles. The van der Waals surface area contributed by atoms with E-state index in [0.29, 0.717) is 17.7 Å². The van der Waals surface area contributed by atoms with Crippen LogP contribution in [0.2, 0.25) is 0 Å². The number of benzene rings is 1. The molecule has 0 atom stereocenters. The lowest BCUT2D eigenvalue weighted by Crippen LogP contribution is -2.20. The summed E-state index contributed by atoms with van der Waals surface area (Å²) in [4.78, 5) is 23.7. The highest BCUT2D eigenvalue weighted by Gasteiger charge is 2.18. The number of carbonyl (C=O) groups is 2. The zero-order valence-electron chi connectivity index (χ0n) is 13.9. The van der Waals surface area contributed by atoms with Gasteiger partial charge in [-0.25, -0.2) is 4.79 Å². The van der Waals surface area contributed by atoms with Gasteiger partial charge in [0.2, 0.25) is 0 Å². The minimum Gasteiger partial charge on any atom is -0.459 e. The number of esters is 2. The van der Waals surface area contributed by atoms with Gasteiger partial charge in [-0.2, -0.15) is 0 Å². The van der Waals surface area contributed by atoms with E-state index in [2.05, 4.69) is 6.92 Å². The second-order valence-corrected chi connectivity index (χ2v) is 6.12. The van der Waals surface area contributed by atoms with Crippen LogP contribution in [-0.2, 0) is 9.53 Å².